The first-order valence-corrected chi connectivity index (χ1v) is 6.74. The van der Waals surface area contributed by atoms with Gasteiger partial charge in [0.1, 0.15) is 5.75 Å². The molecular formula is C11H17NO3S. The van der Waals surface area contributed by atoms with Gasteiger partial charge in [-0.2, -0.15) is 8.42 Å². The summed E-state index contributed by atoms with van der Waals surface area (Å²) < 4.78 is 27.5. The molecule has 0 unspecified atom stereocenters. The van der Waals surface area contributed by atoms with E-state index in [2.05, 4.69) is 13.8 Å². The lowest BCUT2D eigenvalue weighted by Crippen LogP contribution is -2.20. The highest BCUT2D eigenvalue weighted by molar-refractivity contribution is 7.87. The van der Waals surface area contributed by atoms with E-state index >= 15 is 0 Å². The highest BCUT2D eigenvalue weighted by atomic mass is 32.2. The van der Waals surface area contributed by atoms with E-state index in [0.717, 1.165) is 5.56 Å². The molecule has 0 atom stereocenters. The second-order valence-electron chi connectivity index (χ2n) is 3.86. The smallest absolute Gasteiger partial charge is 0.310 e. The molecule has 0 radical (unpaired) electrons. The Morgan fingerprint density at radius 2 is 1.81 bits per heavy atom. The predicted molar refractivity (Wildman–Crippen MR) is 64.0 cm³/mol. The van der Waals surface area contributed by atoms with Crippen molar-refractivity contribution >= 4 is 10.1 Å². The molecule has 90 valence electrons. The number of hydrogen-bond donors (Lipinski definition) is 1. The normalized spacial score (nSPS) is 11.8. The Hall–Kier alpha value is -1.07. The van der Waals surface area contributed by atoms with Crippen LogP contribution in [0, 0.1) is 0 Å². The summed E-state index contributed by atoms with van der Waals surface area (Å²) in [4.78, 5) is 0. The zero-order valence-electron chi connectivity index (χ0n) is 9.51. The van der Waals surface area contributed by atoms with Gasteiger partial charge in [-0.15, -0.1) is 0 Å². The molecule has 0 fully saturated rings. The predicted octanol–water partition coefficient (Wildman–Crippen LogP) is 1.48. The number of hydrogen-bond acceptors (Lipinski definition) is 4. The zero-order chi connectivity index (χ0) is 12.2. The Morgan fingerprint density at radius 3 is 2.25 bits per heavy atom. The summed E-state index contributed by atoms with van der Waals surface area (Å²) in [5, 5.41) is 0. The van der Waals surface area contributed by atoms with Gasteiger partial charge in [0.15, 0.2) is 0 Å². The summed E-state index contributed by atoms with van der Waals surface area (Å²) in [5.41, 5.74) is 6.32. The summed E-state index contributed by atoms with van der Waals surface area (Å²) in [7, 11) is -3.54. The minimum absolute atomic E-state index is 0.0619. The van der Waals surface area contributed by atoms with E-state index in [9.17, 15) is 8.42 Å². The largest absolute Gasteiger partial charge is 0.382 e. The first-order chi connectivity index (χ1) is 7.44. The molecule has 0 bridgehead atoms. The third kappa shape index (κ3) is 3.83. The molecule has 0 heterocycles. The van der Waals surface area contributed by atoms with Crippen molar-refractivity contribution in [2.24, 2.45) is 5.73 Å². The second kappa shape index (κ2) is 5.32. The fourth-order valence-corrected chi connectivity index (χ4v) is 2.02. The topological polar surface area (TPSA) is 69.4 Å². The van der Waals surface area contributed by atoms with Crippen LogP contribution in [0.25, 0.3) is 0 Å². The lowest BCUT2D eigenvalue weighted by Gasteiger charge is -2.08. The van der Waals surface area contributed by atoms with Crippen molar-refractivity contribution in [3.63, 3.8) is 0 Å². The number of benzene rings is 1. The Morgan fingerprint density at radius 1 is 1.25 bits per heavy atom. The maximum absolute atomic E-state index is 11.3. The monoisotopic (exact) mass is 243 g/mol. The second-order valence-corrected chi connectivity index (χ2v) is 5.55. The molecule has 0 saturated carbocycles. The molecular weight excluding hydrogens is 226 g/mol. The first-order valence-electron chi connectivity index (χ1n) is 5.17. The van der Waals surface area contributed by atoms with Crippen molar-refractivity contribution in [3.8, 4) is 5.75 Å². The maximum Gasteiger partial charge on any atom is 0.310 e. The van der Waals surface area contributed by atoms with Gasteiger partial charge in [0.2, 0.25) is 0 Å². The summed E-state index contributed by atoms with van der Waals surface area (Å²) in [5.74, 6) is 0.575. The first kappa shape index (κ1) is 13.0. The van der Waals surface area contributed by atoms with Crippen LogP contribution in [-0.4, -0.2) is 20.7 Å². The SMILES string of the molecule is CC(C)c1ccc(OS(=O)(=O)CCN)cc1. The molecule has 1 aromatic rings. The van der Waals surface area contributed by atoms with Gasteiger partial charge in [-0.3, -0.25) is 0 Å². The van der Waals surface area contributed by atoms with Crippen molar-refractivity contribution in [2.75, 3.05) is 12.3 Å². The van der Waals surface area contributed by atoms with Gasteiger partial charge < -0.3 is 9.92 Å². The van der Waals surface area contributed by atoms with Crippen LogP contribution in [-0.2, 0) is 10.1 Å². The summed E-state index contributed by atoms with van der Waals surface area (Å²) >= 11 is 0. The maximum atomic E-state index is 11.3. The van der Waals surface area contributed by atoms with Crippen LogP contribution >= 0.6 is 0 Å². The third-order valence-electron chi connectivity index (χ3n) is 2.14. The average molecular weight is 243 g/mol. The van der Waals surface area contributed by atoms with Crippen LogP contribution in [0.1, 0.15) is 25.3 Å². The molecule has 0 aliphatic heterocycles. The fourth-order valence-electron chi connectivity index (χ4n) is 1.24. The minimum Gasteiger partial charge on any atom is -0.382 e. The van der Waals surface area contributed by atoms with Crippen LogP contribution in [0.5, 0.6) is 5.75 Å². The van der Waals surface area contributed by atoms with Crippen LogP contribution in [0.2, 0.25) is 0 Å². The van der Waals surface area contributed by atoms with Crippen molar-refractivity contribution in [2.45, 2.75) is 19.8 Å². The van der Waals surface area contributed by atoms with Crippen molar-refractivity contribution < 1.29 is 12.6 Å². The van der Waals surface area contributed by atoms with E-state index in [4.69, 9.17) is 9.92 Å². The van der Waals surface area contributed by atoms with E-state index in [-0.39, 0.29) is 12.3 Å². The molecule has 1 aromatic carbocycles. The van der Waals surface area contributed by atoms with Gasteiger partial charge in [0, 0.05) is 6.54 Å². The molecule has 1 rings (SSSR count). The van der Waals surface area contributed by atoms with E-state index in [0.29, 0.717) is 11.7 Å². The van der Waals surface area contributed by atoms with Gasteiger partial charge in [-0.1, -0.05) is 26.0 Å². The fraction of sp³-hybridized carbons (Fsp3) is 0.455. The van der Waals surface area contributed by atoms with E-state index in [1.54, 1.807) is 12.1 Å². The molecule has 0 aliphatic carbocycles. The number of rotatable bonds is 5. The molecule has 0 saturated heterocycles. The van der Waals surface area contributed by atoms with Crippen molar-refractivity contribution in [1.29, 1.82) is 0 Å². The van der Waals surface area contributed by atoms with Crippen LogP contribution in [0.3, 0.4) is 0 Å². The molecule has 0 aromatic heterocycles. The summed E-state index contributed by atoms with van der Waals surface area (Å²) in [6, 6.07) is 7.03. The van der Waals surface area contributed by atoms with Gasteiger partial charge in [0.25, 0.3) is 0 Å². The van der Waals surface area contributed by atoms with Crippen LogP contribution < -0.4 is 9.92 Å². The molecule has 2 N–H and O–H groups in total. The van der Waals surface area contributed by atoms with Crippen LogP contribution in [0.15, 0.2) is 24.3 Å². The minimum atomic E-state index is -3.54. The zero-order valence-corrected chi connectivity index (χ0v) is 10.3. The standard InChI is InChI=1S/C11H17NO3S/c1-9(2)10-3-5-11(6-4-10)15-16(13,14)8-7-12/h3-6,9H,7-8,12H2,1-2H3. The lowest BCUT2D eigenvalue weighted by atomic mass is 10.0. The lowest BCUT2D eigenvalue weighted by molar-refractivity contribution is 0.486. The van der Waals surface area contributed by atoms with Gasteiger partial charge in [0.05, 0.1) is 5.75 Å². The highest BCUT2D eigenvalue weighted by Crippen LogP contribution is 2.19. The average Bonchev–Trinajstić information content (AvgIpc) is 2.17. The highest BCUT2D eigenvalue weighted by Gasteiger charge is 2.11. The van der Waals surface area contributed by atoms with Gasteiger partial charge >= 0.3 is 10.1 Å². The Bertz CT molecular complexity index is 423. The van der Waals surface area contributed by atoms with E-state index in [1.807, 2.05) is 12.1 Å². The van der Waals surface area contributed by atoms with Crippen molar-refractivity contribution in [1.82, 2.24) is 0 Å². The molecule has 0 amide bonds. The Balaban J connectivity index is 2.76. The molecule has 4 nitrogen and oxygen atoms in total. The van der Waals surface area contributed by atoms with Gasteiger partial charge in [-0.05, 0) is 23.6 Å². The van der Waals surface area contributed by atoms with Gasteiger partial charge in [-0.25, -0.2) is 0 Å². The Kier molecular flexibility index (Phi) is 4.32. The van der Waals surface area contributed by atoms with E-state index < -0.39 is 10.1 Å². The third-order valence-corrected chi connectivity index (χ3v) is 3.32. The van der Waals surface area contributed by atoms with E-state index in [1.165, 1.54) is 0 Å². The summed E-state index contributed by atoms with van der Waals surface area (Å²) in [6.07, 6.45) is 0. The van der Waals surface area contributed by atoms with Crippen molar-refractivity contribution in [3.05, 3.63) is 29.8 Å². The number of nitrogens with two attached hydrogens (primary N) is 1. The van der Waals surface area contributed by atoms with Crippen LogP contribution in [0.4, 0.5) is 0 Å². The molecule has 0 aliphatic rings. The Labute approximate surface area is 96.5 Å². The summed E-state index contributed by atoms with van der Waals surface area (Å²) in [6.45, 7) is 4.20. The quantitative estimate of drug-likeness (QED) is 0.795. The molecule has 16 heavy (non-hydrogen) atoms. The molecule has 5 heteroatoms. The molecule has 0 spiro atoms.